The van der Waals surface area contributed by atoms with Crippen LogP contribution in [0.2, 0.25) is 0 Å². The molecule has 0 amide bonds. The lowest BCUT2D eigenvalue weighted by Gasteiger charge is -2.37. The van der Waals surface area contributed by atoms with E-state index in [-0.39, 0.29) is 41.5 Å². The molecule has 0 bridgehead atoms. The van der Waals surface area contributed by atoms with E-state index in [9.17, 15) is 19.7 Å². The average Bonchev–Trinajstić information content (AvgIpc) is 2.87. The van der Waals surface area contributed by atoms with Crippen LogP contribution < -0.4 is 10.1 Å². The van der Waals surface area contributed by atoms with Crippen molar-refractivity contribution in [2.24, 2.45) is 0 Å². The summed E-state index contributed by atoms with van der Waals surface area (Å²) in [6, 6.07) is 16.0. The largest absolute Gasteiger partial charge is 0.489 e. The monoisotopic (exact) mass is 510 g/mol. The Kier molecular flexibility index (Phi) is 8.93. The van der Waals surface area contributed by atoms with E-state index in [1.54, 1.807) is 31.2 Å². The quantitative estimate of drug-likeness (QED) is 0.148. The van der Waals surface area contributed by atoms with E-state index in [1.165, 1.54) is 6.92 Å². The maximum atomic E-state index is 13.8. The zero-order chi connectivity index (χ0) is 26.3. The van der Waals surface area contributed by atoms with Crippen molar-refractivity contribution in [1.29, 1.82) is 0 Å². The van der Waals surface area contributed by atoms with Gasteiger partial charge in [-0.05, 0) is 31.9 Å². The fraction of sp³-hybridized carbons (Fsp3) is 0.333. The highest BCUT2D eigenvalue weighted by molar-refractivity contribution is 7.81. The Bertz CT molecular complexity index is 1210. The molecule has 0 fully saturated rings. The smallest absolute Gasteiger partial charge is 0.337 e. The van der Waals surface area contributed by atoms with Crippen molar-refractivity contribution in [2.75, 3.05) is 12.4 Å². The first-order chi connectivity index (χ1) is 17.3. The number of thiol groups is 1. The van der Waals surface area contributed by atoms with Crippen molar-refractivity contribution in [3.8, 4) is 5.75 Å². The molecule has 3 rings (SSSR count). The molecule has 0 aliphatic carbocycles. The maximum Gasteiger partial charge on any atom is 0.337 e. The van der Waals surface area contributed by atoms with Crippen molar-refractivity contribution in [2.45, 2.75) is 45.6 Å². The van der Waals surface area contributed by atoms with Crippen LogP contribution in [0.4, 0.5) is 0 Å². The van der Waals surface area contributed by atoms with Gasteiger partial charge in [0.2, 0.25) is 0 Å². The second-order valence-corrected chi connectivity index (χ2v) is 8.76. The van der Waals surface area contributed by atoms with Gasteiger partial charge in [-0.2, -0.15) is 12.6 Å². The summed E-state index contributed by atoms with van der Waals surface area (Å²) in [4.78, 5) is 39.2. The number of para-hydroxylation sites is 1. The standard InChI is InChI=1S/C27H30N2O6S/c1-4-5-15-34-26(31)24-18(2)28-19(3)25(29(32)33)27(24,23(30)17-36)21-13-9-10-14-22(21)35-16-20-11-7-6-8-12-20/h6-14,28,36H,4-5,15-17H2,1-3H3. The normalized spacial score (nSPS) is 17.4. The number of hydrogen-bond donors (Lipinski definition) is 2. The van der Waals surface area contributed by atoms with Gasteiger partial charge in [0.25, 0.3) is 5.70 Å². The lowest BCUT2D eigenvalue weighted by Crippen LogP contribution is -2.51. The number of rotatable bonds is 11. The molecule has 1 aliphatic heterocycles. The van der Waals surface area contributed by atoms with Gasteiger partial charge in [0.05, 0.1) is 28.6 Å². The maximum absolute atomic E-state index is 13.8. The summed E-state index contributed by atoms with van der Waals surface area (Å²) in [6.07, 6.45) is 1.41. The van der Waals surface area contributed by atoms with Crippen LogP contribution in [-0.4, -0.2) is 29.0 Å². The van der Waals surface area contributed by atoms with Gasteiger partial charge in [-0.25, -0.2) is 4.79 Å². The fourth-order valence-corrected chi connectivity index (χ4v) is 4.72. The van der Waals surface area contributed by atoms with Crippen molar-refractivity contribution in [3.63, 3.8) is 0 Å². The van der Waals surface area contributed by atoms with Crippen LogP contribution in [0.1, 0.15) is 44.7 Å². The number of ketones is 1. The fourth-order valence-electron chi connectivity index (χ4n) is 4.49. The minimum Gasteiger partial charge on any atom is -0.489 e. The van der Waals surface area contributed by atoms with E-state index < -0.39 is 27.8 Å². The minimum absolute atomic E-state index is 0.125. The van der Waals surface area contributed by atoms with E-state index in [2.05, 4.69) is 17.9 Å². The molecule has 1 atom stereocenters. The van der Waals surface area contributed by atoms with E-state index in [4.69, 9.17) is 9.47 Å². The average molecular weight is 511 g/mol. The van der Waals surface area contributed by atoms with E-state index in [0.717, 1.165) is 12.0 Å². The van der Waals surface area contributed by atoms with Crippen molar-refractivity contribution in [3.05, 3.63) is 98.5 Å². The van der Waals surface area contributed by atoms with E-state index in [1.807, 2.05) is 37.3 Å². The third kappa shape index (κ3) is 5.16. The van der Waals surface area contributed by atoms with Gasteiger partial charge >= 0.3 is 5.97 Å². The predicted molar refractivity (Wildman–Crippen MR) is 139 cm³/mol. The number of carbonyl (C=O) groups is 2. The van der Waals surface area contributed by atoms with Crippen LogP contribution in [-0.2, 0) is 26.3 Å². The molecule has 0 aromatic heterocycles. The molecule has 8 nitrogen and oxygen atoms in total. The van der Waals surface area contributed by atoms with Crippen molar-refractivity contribution in [1.82, 2.24) is 5.32 Å². The predicted octanol–water partition coefficient (Wildman–Crippen LogP) is 4.73. The number of allylic oxidation sites excluding steroid dienone is 3. The highest BCUT2D eigenvalue weighted by Gasteiger charge is 2.60. The first kappa shape index (κ1) is 27.0. The molecule has 0 spiro atoms. The summed E-state index contributed by atoms with van der Waals surface area (Å²) in [7, 11) is 0. The van der Waals surface area contributed by atoms with Gasteiger partial charge in [-0.3, -0.25) is 14.9 Å². The summed E-state index contributed by atoms with van der Waals surface area (Å²) in [6.45, 7) is 5.35. The third-order valence-corrected chi connectivity index (χ3v) is 6.33. The Morgan fingerprint density at radius 3 is 2.36 bits per heavy atom. The number of carbonyl (C=O) groups excluding carboxylic acids is 2. The molecule has 0 saturated carbocycles. The molecular weight excluding hydrogens is 480 g/mol. The van der Waals surface area contributed by atoms with E-state index >= 15 is 0 Å². The number of esters is 1. The number of unbranched alkanes of at least 4 members (excludes halogenated alkanes) is 1. The summed E-state index contributed by atoms with van der Waals surface area (Å²) in [5, 5.41) is 15.4. The number of Topliss-reactive ketones (excluding diaryl/α,β-unsaturated/α-hetero) is 1. The molecule has 0 radical (unpaired) electrons. The molecule has 36 heavy (non-hydrogen) atoms. The first-order valence-corrected chi connectivity index (χ1v) is 12.3. The topological polar surface area (TPSA) is 108 Å². The Balaban J connectivity index is 2.28. The molecule has 1 heterocycles. The zero-order valence-electron chi connectivity index (χ0n) is 20.6. The number of nitrogens with zero attached hydrogens (tertiary/aromatic N) is 1. The summed E-state index contributed by atoms with van der Waals surface area (Å²) in [5.74, 6) is -1.53. The Morgan fingerprint density at radius 1 is 1.06 bits per heavy atom. The SMILES string of the molecule is CCCCOC(=O)C1=C(C)NC(C)=C([N+](=O)[O-])C1(C(=O)CS)c1ccccc1OCc1ccccc1. The van der Waals surface area contributed by atoms with Gasteiger partial charge in [0.1, 0.15) is 12.4 Å². The molecular formula is C27H30N2O6S. The summed E-state index contributed by atoms with van der Waals surface area (Å²) < 4.78 is 11.6. The summed E-state index contributed by atoms with van der Waals surface area (Å²) in [5.41, 5.74) is -1.16. The van der Waals surface area contributed by atoms with Crippen LogP contribution in [0.3, 0.4) is 0 Å². The Morgan fingerprint density at radius 2 is 1.72 bits per heavy atom. The van der Waals surface area contributed by atoms with Gasteiger partial charge in [-0.1, -0.05) is 61.9 Å². The van der Waals surface area contributed by atoms with Gasteiger partial charge < -0.3 is 14.8 Å². The zero-order valence-corrected chi connectivity index (χ0v) is 21.5. The van der Waals surface area contributed by atoms with Crippen molar-refractivity contribution >= 4 is 24.4 Å². The highest BCUT2D eigenvalue weighted by atomic mass is 32.1. The molecule has 1 aliphatic rings. The number of benzene rings is 2. The Labute approximate surface area is 215 Å². The van der Waals surface area contributed by atoms with Crippen LogP contribution in [0.5, 0.6) is 5.75 Å². The highest BCUT2D eigenvalue weighted by Crippen LogP contribution is 2.49. The molecule has 1 unspecified atom stereocenters. The van der Waals surface area contributed by atoms with Crippen LogP contribution in [0, 0.1) is 10.1 Å². The molecule has 2 aromatic carbocycles. The van der Waals surface area contributed by atoms with Gasteiger partial charge in [0.15, 0.2) is 11.2 Å². The van der Waals surface area contributed by atoms with Gasteiger partial charge in [-0.15, -0.1) is 0 Å². The molecule has 2 aromatic rings. The van der Waals surface area contributed by atoms with E-state index in [0.29, 0.717) is 12.1 Å². The number of nitrogens with one attached hydrogen (secondary N) is 1. The van der Waals surface area contributed by atoms with Crippen LogP contribution in [0.15, 0.2) is 77.3 Å². The third-order valence-electron chi connectivity index (χ3n) is 6.04. The van der Waals surface area contributed by atoms with Crippen molar-refractivity contribution < 1.29 is 24.0 Å². The Hall–Kier alpha value is -3.59. The number of nitro groups is 1. The van der Waals surface area contributed by atoms with Crippen LogP contribution >= 0.6 is 12.6 Å². The molecule has 190 valence electrons. The number of hydrogen-bond acceptors (Lipinski definition) is 8. The minimum atomic E-state index is -2.08. The number of dihydropyridines is 1. The lowest BCUT2D eigenvalue weighted by atomic mass is 9.66. The molecule has 1 N–H and O–H groups in total. The summed E-state index contributed by atoms with van der Waals surface area (Å²) >= 11 is 4.21. The first-order valence-electron chi connectivity index (χ1n) is 11.7. The number of ether oxygens (including phenoxy) is 2. The second-order valence-electron chi connectivity index (χ2n) is 8.45. The van der Waals surface area contributed by atoms with Crippen LogP contribution in [0.25, 0.3) is 0 Å². The second kappa shape index (κ2) is 11.9. The molecule has 9 heteroatoms. The lowest BCUT2D eigenvalue weighted by molar-refractivity contribution is -0.434. The van der Waals surface area contributed by atoms with Gasteiger partial charge in [0, 0.05) is 11.3 Å². The molecule has 0 saturated heterocycles.